The summed E-state index contributed by atoms with van der Waals surface area (Å²) < 4.78 is 0. The van der Waals surface area contributed by atoms with Gasteiger partial charge in [-0.3, -0.25) is 0 Å². The molecule has 0 saturated carbocycles. The molecule has 0 aliphatic heterocycles. The van der Waals surface area contributed by atoms with E-state index in [0.717, 1.165) is 28.1 Å². The van der Waals surface area contributed by atoms with Crippen LogP contribution in [0.1, 0.15) is 0 Å². The number of hydrogen-bond donors (Lipinski definition) is 0. The first-order chi connectivity index (χ1) is 25.8. The van der Waals surface area contributed by atoms with Crippen LogP contribution in [0.3, 0.4) is 0 Å². The van der Waals surface area contributed by atoms with Gasteiger partial charge in [-0.1, -0.05) is 182 Å². The molecule has 2 nitrogen and oxygen atoms in total. The Balaban J connectivity index is 1.08. The lowest BCUT2D eigenvalue weighted by atomic mass is 9.89. The smallest absolute Gasteiger partial charge is 0.160 e. The van der Waals surface area contributed by atoms with Gasteiger partial charge in [0.05, 0.1) is 11.4 Å². The second-order valence-corrected chi connectivity index (χ2v) is 13.4. The van der Waals surface area contributed by atoms with E-state index in [2.05, 4.69) is 188 Å². The number of aromatic nitrogens is 2. The minimum atomic E-state index is 0.704. The first-order valence-corrected chi connectivity index (χ1v) is 17.7. The molecule has 9 aromatic carbocycles. The maximum absolute atomic E-state index is 5.18. The zero-order valence-corrected chi connectivity index (χ0v) is 28.4. The van der Waals surface area contributed by atoms with Crippen molar-refractivity contribution in [1.82, 2.24) is 9.97 Å². The van der Waals surface area contributed by atoms with Crippen molar-refractivity contribution < 1.29 is 0 Å². The van der Waals surface area contributed by atoms with Gasteiger partial charge in [-0.2, -0.15) is 0 Å². The Morgan fingerprint density at radius 2 is 0.808 bits per heavy atom. The number of fused-ring (bicyclic) bond motifs is 5. The van der Waals surface area contributed by atoms with Crippen molar-refractivity contribution in [3.05, 3.63) is 194 Å². The summed E-state index contributed by atoms with van der Waals surface area (Å²) in [5.74, 6) is 0.704. The fraction of sp³-hybridized carbons (Fsp3) is 0. The van der Waals surface area contributed by atoms with Gasteiger partial charge in [0.2, 0.25) is 0 Å². The van der Waals surface area contributed by atoms with Crippen molar-refractivity contribution in [3.63, 3.8) is 0 Å². The normalized spacial score (nSPS) is 11.5. The molecule has 0 radical (unpaired) electrons. The molecule has 0 aliphatic carbocycles. The molecule has 1 heterocycles. The van der Waals surface area contributed by atoms with Gasteiger partial charge in [-0.05, 0) is 77.5 Å². The van der Waals surface area contributed by atoms with Crippen molar-refractivity contribution in [2.75, 3.05) is 0 Å². The SMILES string of the molecule is c1ccc(-c2cc(-c3ccc(-c4cccc5ccccc45)cc3)nc(-c3ccc(-c4c5ccccc5cc5c4ccc4ccccc45)cc3)n2)cc1. The van der Waals surface area contributed by atoms with Gasteiger partial charge in [0, 0.05) is 16.7 Å². The van der Waals surface area contributed by atoms with Crippen LogP contribution in [0.5, 0.6) is 0 Å². The number of hydrogen-bond acceptors (Lipinski definition) is 2. The third-order valence-corrected chi connectivity index (χ3v) is 10.3. The standard InChI is InChI=1S/C50H32N2/c1-2-13-36(14-3-1)47-32-48(37-23-21-35(22-24-37)42-20-10-16-33-11-4-7-17-41(33)42)52-50(51-47)39-27-25-38(26-28-39)49-44-19-9-6-15-40(44)31-46-43-18-8-5-12-34(43)29-30-45(46)49/h1-32H. The molecular weight excluding hydrogens is 629 g/mol. The summed E-state index contributed by atoms with van der Waals surface area (Å²) in [4.78, 5) is 10.3. The average molecular weight is 661 g/mol. The lowest BCUT2D eigenvalue weighted by molar-refractivity contribution is 1.18. The minimum Gasteiger partial charge on any atom is -0.228 e. The molecule has 242 valence electrons. The topological polar surface area (TPSA) is 25.8 Å². The Bertz CT molecular complexity index is 2920. The van der Waals surface area contributed by atoms with Crippen LogP contribution in [0.4, 0.5) is 0 Å². The monoisotopic (exact) mass is 660 g/mol. The molecule has 10 aromatic rings. The van der Waals surface area contributed by atoms with Gasteiger partial charge in [0.25, 0.3) is 0 Å². The zero-order valence-electron chi connectivity index (χ0n) is 28.4. The second kappa shape index (κ2) is 12.5. The van der Waals surface area contributed by atoms with Gasteiger partial charge in [-0.25, -0.2) is 9.97 Å². The van der Waals surface area contributed by atoms with E-state index in [1.165, 1.54) is 65.3 Å². The molecule has 0 unspecified atom stereocenters. The fourth-order valence-corrected chi connectivity index (χ4v) is 7.70. The fourth-order valence-electron chi connectivity index (χ4n) is 7.70. The third kappa shape index (κ3) is 5.21. The number of benzene rings is 9. The Morgan fingerprint density at radius 1 is 0.269 bits per heavy atom. The van der Waals surface area contributed by atoms with E-state index in [1.54, 1.807) is 0 Å². The number of rotatable bonds is 5. The molecule has 0 aliphatic rings. The molecule has 1 aromatic heterocycles. The van der Waals surface area contributed by atoms with Crippen molar-refractivity contribution in [2.45, 2.75) is 0 Å². The molecule has 10 rings (SSSR count). The van der Waals surface area contributed by atoms with Gasteiger partial charge in [-0.15, -0.1) is 0 Å². The molecule has 52 heavy (non-hydrogen) atoms. The highest BCUT2D eigenvalue weighted by Gasteiger charge is 2.15. The first kappa shape index (κ1) is 30.0. The van der Waals surface area contributed by atoms with E-state index in [9.17, 15) is 0 Å². The van der Waals surface area contributed by atoms with Crippen LogP contribution >= 0.6 is 0 Å². The summed E-state index contributed by atoms with van der Waals surface area (Å²) in [5.41, 5.74) is 9.71. The zero-order chi connectivity index (χ0) is 34.4. The maximum Gasteiger partial charge on any atom is 0.160 e. The van der Waals surface area contributed by atoms with Crippen molar-refractivity contribution in [2.24, 2.45) is 0 Å². The van der Waals surface area contributed by atoms with Crippen LogP contribution in [-0.4, -0.2) is 9.97 Å². The molecule has 0 spiro atoms. The Morgan fingerprint density at radius 3 is 1.56 bits per heavy atom. The van der Waals surface area contributed by atoms with E-state index in [1.807, 2.05) is 6.07 Å². The highest BCUT2D eigenvalue weighted by Crippen LogP contribution is 2.40. The van der Waals surface area contributed by atoms with Crippen LogP contribution in [0.2, 0.25) is 0 Å². The predicted molar refractivity (Wildman–Crippen MR) is 219 cm³/mol. The maximum atomic E-state index is 5.18. The number of nitrogens with zero attached hydrogens (tertiary/aromatic N) is 2. The largest absolute Gasteiger partial charge is 0.228 e. The van der Waals surface area contributed by atoms with Gasteiger partial charge >= 0.3 is 0 Å². The van der Waals surface area contributed by atoms with Gasteiger partial charge in [0.15, 0.2) is 5.82 Å². The van der Waals surface area contributed by atoms with Crippen molar-refractivity contribution >= 4 is 43.1 Å². The van der Waals surface area contributed by atoms with E-state index in [0.29, 0.717) is 5.82 Å². The third-order valence-electron chi connectivity index (χ3n) is 10.3. The molecule has 0 saturated heterocycles. The molecule has 2 heteroatoms. The molecule has 0 bridgehead atoms. The molecular formula is C50H32N2. The van der Waals surface area contributed by atoms with Crippen LogP contribution in [0, 0.1) is 0 Å². The summed E-state index contributed by atoms with van der Waals surface area (Å²) in [6.07, 6.45) is 0. The summed E-state index contributed by atoms with van der Waals surface area (Å²) in [7, 11) is 0. The lowest BCUT2D eigenvalue weighted by Gasteiger charge is -2.15. The summed E-state index contributed by atoms with van der Waals surface area (Å²) in [6.45, 7) is 0. The van der Waals surface area contributed by atoms with Crippen LogP contribution in [-0.2, 0) is 0 Å². The average Bonchev–Trinajstić information content (AvgIpc) is 3.23. The highest BCUT2D eigenvalue weighted by molar-refractivity contribution is 6.20. The summed E-state index contributed by atoms with van der Waals surface area (Å²) in [5, 5.41) is 10.0. The molecule has 0 atom stereocenters. The van der Waals surface area contributed by atoms with E-state index in [4.69, 9.17) is 9.97 Å². The van der Waals surface area contributed by atoms with Crippen LogP contribution < -0.4 is 0 Å². The van der Waals surface area contributed by atoms with Gasteiger partial charge < -0.3 is 0 Å². The Kier molecular flexibility index (Phi) is 7.18. The quantitative estimate of drug-likeness (QED) is 0.136. The van der Waals surface area contributed by atoms with Crippen LogP contribution in [0.25, 0.3) is 99.2 Å². The van der Waals surface area contributed by atoms with E-state index in [-0.39, 0.29) is 0 Å². The van der Waals surface area contributed by atoms with Crippen molar-refractivity contribution in [3.8, 4) is 56.2 Å². The van der Waals surface area contributed by atoms with E-state index < -0.39 is 0 Å². The highest BCUT2D eigenvalue weighted by atomic mass is 14.9. The summed E-state index contributed by atoms with van der Waals surface area (Å²) >= 11 is 0. The predicted octanol–water partition coefficient (Wildman–Crippen LogP) is 13.4. The Hall–Kier alpha value is -6.90. The Labute approximate surface area is 302 Å². The molecule has 0 N–H and O–H groups in total. The van der Waals surface area contributed by atoms with Crippen molar-refractivity contribution in [1.29, 1.82) is 0 Å². The molecule has 0 amide bonds. The lowest BCUT2D eigenvalue weighted by Crippen LogP contribution is -1.96. The summed E-state index contributed by atoms with van der Waals surface area (Å²) in [6, 6.07) is 69.3. The minimum absolute atomic E-state index is 0.704. The molecule has 0 fully saturated rings. The second-order valence-electron chi connectivity index (χ2n) is 13.4. The first-order valence-electron chi connectivity index (χ1n) is 17.7. The van der Waals surface area contributed by atoms with E-state index >= 15 is 0 Å². The van der Waals surface area contributed by atoms with Gasteiger partial charge in [0.1, 0.15) is 0 Å². The van der Waals surface area contributed by atoms with Crippen LogP contribution in [0.15, 0.2) is 194 Å².